The molecule has 1 saturated heterocycles. The number of aromatic nitrogens is 1. The fourth-order valence-corrected chi connectivity index (χ4v) is 5.40. The standard InChI is InChI=1S/C25H29N3O2S/c1-29-24-6-3-17(15-25(24)30-2)19-13-18-7-10-26-16-22(18)23(14-19)27-20-8-11-28(12-9-20)31-21-4-5-21/h3,6-7,10,13-16,20-21,27H,4-5,8-9,11-12H2,1-2H3. The highest BCUT2D eigenvalue weighted by atomic mass is 32.2. The fourth-order valence-electron chi connectivity index (χ4n) is 4.21. The molecule has 2 aromatic carbocycles. The molecule has 2 heterocycles. The molecule has 0 bridgehead atoms. The van der Waals surface area contributed by atoms with Gasteiger partial charge in [-0.05, 0) is 72.5 Å². The molecule has 0 amide bonds. The van der Waals surface area contributed by atoms with E-state index in [1.807, 2.05) is 24.5 Å². The van der Waals surface area contributed by atoms with Gasteiger partial charge in [0.25, 0.3) is 0 Å². The van der Waals surface area contributed by atoms with Gasteiger partial charge in [-0.1, -0.05) is 18.0 Å². The third-order valence-electron chi connectivity index (χ3n) is 6.11. The van der Waals surface area contributed by atoms with E-state index in [-0.39, 0.29) is 0 Å². The SMILES string of the molecule is COc1ccc(-c2cc(NC3CCN(SC4CC4)CC3)c3cnccc3c2)cc1OC. The molecule has 1 saturated carbocycles. The highest BCUT2D eigenvalue weighted by molar-refractivity contribution is 7.97. The molecule has 162 valence electrons. The summed E-state index contributed by atoms with van der Waals surface area (Å²) in [5.74, 6) is 1.48. The van der Waals surface area contributed by atoms with Crippen molar-refractivity contribution in [3.05, 3.63) is 48.8 Å². The quantitative estimate of drug-likeness (QED) is 0.487. The molecule has 0 atom stereocenters. The van der Waals surface area contributed by atoms with Gasteiger partial charge in [0, 0.05) is 47.8 Å². The van der Waals surface area contributed by atoms with Gasteiger partial charge in [0.05, 0.1) is 14.2 Å². The molecule has 1 aliphatic heterocycles. The Kier molecular flexibility index (Phi) is 5.92. The molecule has 5 rings (SSSR count). The molecule has 0 radical (unpaired) electrons. The number of nitrogens with zero attached hydrogens (tertiary/aromatic N) is 2. The highest BCUT2D eigenvalue weighted by Crippen LogP contribution is 2.39. The number of pyridine rings is 1. The van der Waals surface area contributed by atoms with Crippen LogP contribution in [0, 0.1) is 0 Å². The number of ether oxygens (including phenoxy) is 2. The lowest BCUT2D eigenvalue weighted by molar-refractivity contribution is 0.355. The van der Waals surface area contributed by atoms with Gasteiger partial charge in [0.15, 0.2) is 11.5 Å². The summed E-state index contributed by atoms with van der Waals surface area (Å²) >= 11 is 2.08. The lowest BCUT2D eigenvalue weighted by atomic mass is 9.99. The summed E-state index contributed by atoms with van der Waals surface area (Å²) in [5.41, 5.74) is 3.42. The first-order chi connectivity index (χ1) is 15.2. The zero-order valence-corrected chi connectivity index (χ0v) is 19.0. The minimum absolute atomic E-state index is 0.486. The van der Waals surface area contributed by atoms with Gasteiger partial charge < -0.3 is 14.8 Å². The van der Waals surface area contributed by atoms with Crippen LogP contribution in [0.4, 0.5) is 5.69 Å². The Balaban J connectivity index is 1.41. The summed E-state index contributed by atoms with van der Waals surface area (Å²) in [5, 5.41) is 7.08. The number of benzene rings is 2. The summed E-state index contributed by atoms with van der Waals surface area (Å²) in [7, 11) is 3.34. The Morgan fingerprint density at radius 2 is 1.74 bits per heavy atom. The van der Waals surface area contributed by atoms with Crippen LogP contribution in [0.15, 0.2) is 48.8 Å². The van der Waals surface area contributed by atoms with Crippen LogP contribution in [-0.4, -0.2) is 47.9 Å². The lowest BCUT2D eigenvalue weighted by Crippen LogP contribution is -2.35. The van der Waals surface area contributed by atoms with E-state index in [0.717, 1.165) is 46.7 Å². The second-order valence-corrected chi connectivity index (χ2v) is 9.74. The predicted octanol–water partition coefficient (Wildman–Crippen LogP) is 5.61. The number of fused-ring (bicyclic) bond motifs is 1. The van der Waals surface area contributed by atoms with Crippen molar-refractivity contribution >= 4 is 28.4 Å². The zero-order valence-electron chi connectivity index (χ0n) is 18.1. The van der Waals surface area contributed by atoms with Crippen molar-refractivity contribution < 1.29 is 9.47 Å². The molecule has 6 heteroatoms. The van der Waals surface area contributed by atoms with Crippen molar-refractivity contribution in [1.82, 2.24) is 9.29 Å². The number of methoxy groups -OCH3 is 2. The van der Waals surface area contributed by atoms with Crippen molar-refractivity contribution in [1.29, 1.82) is 0 Å². The third kappa shape index (κ3) is 4.60. The molecule has 0 unspecified atom stereocenters. The average molecular weight is 436 g/mol. The van der Waals surface area contributed by atoms with E-state index in [4.69, 9.17) is 9.47 Å². The number of anilines is 1. The second kappa shape index (κ2) is 8.97. The molecular weight excluding hydrogens is 406 g/mol. The first kappa shape index (κ1) is 20.5. The molecule has 2 aliphatic rings. The predicted molar refractivity (Wildman–Crippen MR) is 129 cm³/mol. The molecule has 0 spiro atoms. The van der Waals surface area contributed by atoms with Gasteiger partial charge in [-0.2, -0.15) is 0 Å². The van der Waals surface area contributed by atoms with Crippen LogP contribution in [0.5, 0.6) is 11.5 Å². The summed E-state index contributed by atoms with van der Waals surface area (Å²) < 4.78 is 13.5. The Morgan fingerprint density at radius 1 is 0.935 bits per heavy atom. The van der Waals surface area contributed by atoms with E-state index >= 15 is 0 Å². The Labute approximate surface area is 188 Å². The number of piperidine rings is 1. The van der Waals surface area contributed by atoms with Crippen LogP contribution in [0.3, 0.4) is 0 Å². The number of nitrogens with one attached hydrogen (secondary N) is 1. The molecule has 31 heavy (non-hydrogen) atoms. The van der Waals surface area contributed by atoms with Crippen LogP contribution in [0.1, 0.15) is 25.7 Å². The Morgan fingerprint density at radius 3 is 2.48 bits per heavy atom. The second-order valence-electron chi connectivity index (χ2n) is 8.34. The maximum Gasteiger partial charge on any atom is 0.161 e. The topological polar surface area (TPSA) is 46.6 Å². The highest BCUT2D eigenvalue weighted by Gasteiger charge is 2.28. The van der Waals surface area contributed by atoms with E-state index in [2.05, 4.69) is 50.8 Å². The Bertz CT molecular complexity index is 1060. The fraction of sp³-hybridized carbons (Fsp3) is 0.400. The third-order valence-corrected chi connectivity index (χ3v) is 7.54. The van der Waals surface area contributed by atoms with Crippen LogP contribution < -0.4 is 14.8 Å². The van der Waals surface area contributed by atoms with Crippen LogP contribution in [0.25, 0.3) is 21.9 Å². The van der Waals surface area contributed by atoms with E-state index in [1.165, 1.54) is 36.5 Å². The minimum atomic E-state index is 0.486. The van der Waals surface area contributed by atoms with Gasteiger partial charge in [-0.3, -0.25) is 9.29 Å². The molecule has 5 nitrogen and oxygen atoms in total. The van der Waals surface area contributed by atoms with Crippen LogP contribution in [0.2, 0.25) is 0 Å². The smallest absolute Gasteiger partial charge is 0.161 e. The molecule has 1 N–H and O–H groups in total. The normalized spacial score (nSPS) is 17.6. The molecular formula is C25H29N3O2S. The van der Waals surface area contributed by atoms with Gasteiger partial charge in [0.1, 0.15) is 0 Å². The van der Waals surface area contributed by atoms with Crippen molar-refractivity contribution in [2.45, 2.75) is 37.0 Å². The summed E-state index contributed by atoms with van der Waals surface area (Å²) in [6.45, 7) is 2.31. The van der Waals surface area contributed by atoms with Crippen molar-refractivity contribution in [2.24, 2.45) is 0 Å². The van der Waals surface area contributed by atoms with Crippen molar-refractivity contribution in [3.8, 4) is 22.6 Å². The first-order valence-corrected chi connectivity index (χ1v) is 11.9. The summed E-state index contributed by atoms with van der Waals surface area (Å²) in [4.78, 5) is 4.38. The van der Waals surface area contributed by atoms with Crippen molar-refractivity contribution in [3.63, 3.8) is 0 Å². The minimum Gasteiger partial charge on any atom is -0.493 e. The first-order valence-electron chi connectivity index (χ1n) is 11.0. The van der Waals surface area contributed by atoms with Crippen LogP contribution >= 0.6 is 11.9 Å². The van der Waals surface area contributed by atoms with E-state index in [1.54, 1.807) is 14.2 Å². The monoisotopic (exact) mass is 435 g/mol. The lowest BCUT2D eigenvalue weighted by Gasteiger charge is -2.32. The van der Waals surface area contributed by atoms with Gasteiger partial charge in [0.2, 0.25) is 0 Å². The molecule has 3 aromatic rings. The number of hydrogen-bond donors (Lipinski definition) is 1. The van der Waals surface area contributed by atoms with E-state index in [0.29, 0.717) is 6.04 Å². The maximum atomic E-state index is 5.52. The largest absolute Gasteiger partial charge is 0.493 e. The number of rotatable bonds is 7. The molecule has 2 fully saturated rings. The summed E-state index contributed by atoms with van der Waals surface area (Å²) in [6.07, 6.45) is 8.95. The van der Waals surface area contributed by atoms with Crippen molar-refractivity contribution in [2.75, 3.05) is 32.6 Å². The van der Waals surface area contributed by atoms with Gasteiger partial charge >= 0.3 is 0 Å². The number of hydrogen-bond acceptors (Lipinski definition) is 6. The molecule has 1 aliphatic carbocycles. The molecule has 1 aromatic heterocycles. The Hall–Kier alpha value is -2.44. The van der Waals surface area contributed by atoms with E-state index in [9.17, 15) is 0 Å². The van der Waals surface area contributed by atoms with Gasteiger partial charge in [-0.15, -0.1) is 0 Å². The average Bonchev–Trinajstić information content (AvgIpc) is 3.64. The zero-order chi connectivity index (χ0) is 21.2. The van der Waals surface area contributed by atoms with E-state index < -0.39 is 0 Å². The van der Waals surface area contributed by atoms with Crippen LogP contribution in [-0.2, 0) is 0 Å². The summed E-state index contributed by atoms with van der Waals surface area (Å²) in [6, 6.07) is 13.1. The van der Waals surface area contributed by atoms with Gasteiger partial charge in [-0.25, -0.2) is 0 Å². The maximum absolute atomic E-state index is 5.52.